The maximum Gasteiger partial charge on any atom is 0.325 e. The highest BCUT2D eigenvalue weighted by Crippen LogP contribution is 2.10. The normalized spacial score (nSPS) is 10.1. The lowest BCUT2D eigenvalue weighted by molar-refractivity contribution is -0.137. The van der Waals surface area contributed by atoms with Crippen LogP contribution in [0.5, 0.6) is 0 Å². The summed E-state index contributed by atoms with van der Waals surface area (Å²) in [6, 6.07) is 7.20. The molecule has 0 fully saturated rings. The summed E-state index contributed by atoms with van der Waals surface area (Å²) in [6.45, 7) is 0.143. The fourth-order valence-corrected chi connectivity index (χ4v) is 1.88. The molecule has 7 nitrogen and oxygen atoms in total. The minimum Gasteiger partial charge on any atom is -0.480 e. The summed E-state index contributed by atoms with van der Waals surface area (Å²) in [4.78, 5) is 22.2. The van der Waals surface area contributed by atoms with Gasteiger partial charge in [-0.1, -0.05) is 28.1 Å². The van der Waals surface area contributed by atoms with E-state index in [0.717, 1.165) is 10.0 Å². The molecule has 0 spiro atoms. The third-order valence-corrected chi connectivity index (χ3v) is 3.08. The molecule has 2 aromatic rings. The van der Waals surface area contributed by atoms with Crippen LogP contribution in [0.4, 0.5) is 10.5 Å². The Morgan fingerprint density at radius 1 is 1.29 bits per heavy atom. The Morgan fingerprint density at radius 2 is 2.00 bits per heavy atom. The fraction of sp³-hybridized carbons (Fsp3) is 0.154. The number of carbonyl (C=O) groups is 2. The minimum atomic E-state index is -0.996. The number of carboxylic acid groups (broad SMARTS) is 1. The number of aromatic nitrogens is 2. The lowest BCUT2D eigenvalue weighted by atomic mass is 10.2. The lowest BCUT2D eigenvalue weighted by Crippen LogP contribution is -2.28. The smallest absolute Gasteiger partial charge is 0.325 e. The molecule has 8 heteroatoms. The maximum atomic E-state index is 11.7. The molecule has 0 aliphatic carbocycles. The molecule has 0 radical (unpaired) electrons. The Labute approximate surface area is 129 Å². The van der Waals surface area contributed by atoms with Gasteiger partial charge in [-0.25, -0.2) is 4.79 Å². The molecule has 0 atom stereocenters. The molecular formula is C13H13BrN4O3. The highest BCUT2D eigenvalue weighted by molar-refractivity contribution is 9.10. The van der Waals surface area contributed by atoms with Crippen molar-refractivity contribution in [1.82, 2.24) is 15.1 Å². The van der Waals surface area contributed by atoms with Gasteiger partial charge in [0, 0.05) is 17.2 Å². The molecule has 21 heavy (non-hydrogen) atoms. The van der Waals surface area contributed by atoms with Gasteiger partial charge in [0.15, 0.2) is 0 Å². The first-order chi connectivity index (χ1) is 10.0. The Morgan fingerprint density at radius 3 is 2.67 bits per heavy atom. The Kier molecular flexibility index (Phi) is 4.94. The van der Waals surface area contributed by atoms with Gasteiger partial charge in [-0.3, -0.25) is 9.48 Å². The van der Waals surface area contributed by atoms with Gasteiger partial charge >= 0.3 is 12.0 Å². The van der Waals surface area contributed by atoms with Crippen LogP contribution in [0.25, 0.3) is 0 Å². The molecule has 110 valence electrons. The third-order valence-electron chi connectivity index (χ3n) is 2.55. The summed E-state index contributed by atoms with van der Waals surface area (Å²) in [5.74, 6) is -0.996. The van der Waals surface area contributed by atoms with Crippen molar-refractivity contribution in [1.29, 1.82) is 0 Å². The summed E-state index contributed by atoms with van der Waals surface area (Å²) in [5.41, 5.74) is 1.40. The van der Waals surface area contributed by atoms with E-state index in [1.54, 1.807) is 0 Å². The number of carbonyl (C=O) groups excluding carboxylic acids is 1. The van der Waals surface area contributed by atoms with E-state index < -0.39 is 5.97 Å². The summed E-state index contributed by atoms with van der Waals surface area (Å²) >= 11 is 3.34. The first-order valence-electron chi connectivity index (χ1n) is 6.06. The fourth-order valence-electron chi connectivity index (χ4n) is 1.61. The van der Waals surface area contributed by atoms with Crippen LogP contribution in [0.15, 0.2) is 41.1 Å². The maximum absolute atomic E-state index is 11.7. The summed E-state index contributed by atoms with van der Waals surface area (Å²) in [6.07, 6.45) is 2.84. The number of rotatable bonds is 5. The van der Waals surface area contributed by atoms with Crippen LogP contribution >= 0.6 is 15.9 Å². The zero-order valence-electron chi connectivity index (χ0n) is 10.9. The van der Waals surface area contributed by atoms with Crippen molar-refractivity contribution in [2.24, 2.45) is 0 Å². The van der Waals surface area contributed by atoms with Crippen LogP contribution in [0.1, 0.15) is 5.56 Å². The third kappa shape index (κ3) is 4.92. The Hall–Kier alpha value is -2.35. The van der Waals surface area contributed by atoms with Crippen LogP contribution in [-0.2, 0) is 17.9 Å². The molecule has 0 aliphatic rings. The second kappa shape index (κ2) is 6.89. The van der Waals surface area contributed by atoms with Crippen LogP contribution in [0.2, 0.25) is 0 Å². The summed E-state index contributed by atoms with van der Waals surface area (Å²) in [5, 5.41) is 17.7. The highest BCUT2D eigenvalue weighted by Gasteiger charge is 2.06. The number of hydrogen-bond donors (Lipinski definition) is 3. The monoisotopic (exact) mass is 352 g/mol. The second-order valence-electron chi connectivity index (χ2n) is 4.25. The standard InChI is InChI=1S/C13H13BrN4O3/c14-10-3-1-9(2-4-10)5-15-13(21)17-11-6-16-18(7-11)8-12(19)20/h1-4,6-7H,5,8H2,(H,19,20)(H2,15,17,21). The second-order valence-corrected chi connectivity index (χ2v) is 5.17. The van der Waals surface area contributed by atoms with Gasteiger partial charge in [-0.05, 0) is 17.7 Å². The van der Waals surface area contributed by atoms with Gasteiger partial charge in [-0.15, -0.1) is 0 Å². The molecule has 1 heterocycles. The first-order valence-corrected chi connectivity index (χ1v) is 6.86. The molecule has 1 aromatic carbocycles. The topological polar surface area (TPSA) is 96.2 Å². The van der Waals surface area contributed by atoms with Gasteiger partial charge in [0.05, 0.1) is 11.9 Å². The van der Waals surface area contributed by atoms with E-state index in [1.165, 1.54) is 17.1 Å². The predicted octanol–water partition coefficient (Wildman–Crippen LogP) is 2.05. The minimum absolute atomic E-state index is 0.248. The van der Waals surface area contributed by atoms with E-state index in [4.69, 9.17) is 5.11 Å². The Balaban J connectivity index is 1.82. The van der Waals surface area contributed by atoms with Crippen LogP contribution in [0.3, 0.4) is 0 Å². The van der Waals surface area contributed by atoms with Crippen molar-refractivity contribution in [2.45, 2.75) is 13.1 Å². The van der Waals surface area contributed by atoms with Crippen LogP contribution in [0, 0.1) is 0 Å². The number of hydrogen-bond acceptors (Lipinski definition) is 3. The van der Waals surface area contributed by atoms with E-state index in [-0.39, 0.29) is 12.6 Å². The van der Waals surface area contributed by atoms with Gasteiger partial charge < -0.3 is 15.7 Å². The number of halogens is 1. The molecule has 2 rings (SSSR count). The Bertz CT molecular complexity index is 639. The van der Waals surface area contributed by atoms with Gasteiger partial charge in [0.25, 0.3) is 0 Å². The molecular weight excluding hydrogens is 340 g/mol. The highest BCUT2D eigenvalue weighted by atomic mass is 79.9. The zero-order chi connectivity index (χ0) is 15.2. The van der Waals surface area contributed by atoms with Crippen LogP contribution in [-0.4, -0.2) is 26.9 Å². The van der Waals surface area contributed by atoms with Gasteiger partial charge in [0.1, 0.15) is 6.54 Å². The van der Waals surface area contributed by atoms with Crippen molar-refractivity contribution in [3.05, 3.63) is 46.7 Å². The number of aliphatic carboxylic acids is 1. The van der Waals surface area contributed by atoms with E-state index in [9.17, 15) is 9.59 Å². The first kappa shape index (κ1) is 15.0. The number of carboxylic acids is 1. The van der Waals surface area contributed by atoms with E-state index in [1.807, 2.05) is 24.3 Å². The SMILES string of the molecule is O=C(O)Cn1cc(NC(=O)NCc2ccc(Br)cc2)cn1. The number of nitrogens with zero attached hydrogens (tertiary/aromatic N) is 2. The average molecular weight is 353 g/mol. The zero-order valence-corrected chi connectivity index (χ0v) is 12.5. The number of nitrogens with one attached hydrogen (secondary N) is 2. The van der Waals surface area contributed by atoms with Crippen molar-refractivity contribution in [3.8, 4) is 0 Å². The molecule has 3 N–H and O–H groups in total. The number of anilines is 1. The number of amides is 2. The van der Waals surface area contributed by atoms with Gasteiger partial charge in [-0.2, -0.15) is 5.10 Å². The molecule has 0 saturated carbocycles. The van der Waals surface area contributed by atoms with Gasteiger partial charge in [0.2, 0.25) is 0 Å². The van der Waals surface area contributed by atoms with Crippen LogP contribution < -0.4 is 10.6 Å². The lowest BCUT2D eigenvalue weighted by Gasteiger charge is -2.06. The molecule has 2 amide bonds. The molecule has 0 aliphatic heterocycles. The molecule has 0 saturated heterocycles. The average Bonchev–Trinajstić information content (AvgIpc) is 2.84. The van der Waals surface area contributed by atoms with E-state index in [2.05, 4.69) is 31.7 Å². The molecule has 0 bridgehead atoms. The van der Waals surface area contributed by atoms with E-state index >= 15 is 0 Å². The van der Waals surface area contributed by atoms with Crippen molar-refractivity contribution in [2.75, 3.05) is 5.32 Å². The number of urea groups is 1. The molecule has 1 aromatic heterocycles. The number of benzene rings is 1. The van der Waals surface area contributed by atoms with Crippen molar-refractivity contribution in [3.63, 3.8) is 0 Å². The predicted molar refractivity (Wildman–Crippen MR) is 79.9 cm³/mol. The summed E-state index contributed by atoms with van der Waals surface area (Å²) < 4.78 is 2.20. The molecule has 0 unspecified atom stereocenters. The van der Waals surface area contributed by atoms with Crippen molar-refractivity contribution < 1.29 is 14.7 Å². The largest absolute Gasteiger partial charge is 0.480 e. The van der Waals surface area contributed by atoms with Crippen molar-refractivity contribution >= 4 is 33.6 Å². The van der Waals surface area contributed by atoms with E-state index in [0.29, 0.717) is 12.2 Å². The summed E-state index contributed by atoms with van der Waals surface area (Å²) in [7, 11) is 0. The quantitative estimate of drug-likeness (QED) is 0.767.